The van der Waals surface area contributed by atoms with E-state index in [1.807, 2.05) is 0 Å². The third-order valence-corrected chi connectivity index (χ3v) is 5.41. The van der Waals surface area contributed by atoms with Crippen molar-refractivity contribution in [2.24, 2.45) is 10.9 Å². The van der Waals surface area contributed by atoms with Crippen molar-refractivity contribution in [3.63, 3.8) is 0 Å². The molecule has 0 fully saturated rings. The van der Waals surface area contributed by atoms with Crippen molar-refractivity contribution < 1.29 is 4.52 Å². The van der Waals surface area contributed by atoms with Gasteiger partial charge >= 0.3 is 0 Å². The van der Waals surface area contributed by atoms with E-state index in [-0.39, 0.29) is 0 Å². The predicted molar refractivity (Wildman–Crippen MR) is 123 cm³/mol. The Balaban J connectivity index is 1.94. The zero-order valence-electron chi connectivity index (χ0n) is 19.3. The summed E-state index contributed by atoms with van der Waals surface area (Å²) in [6.07, 6.45) is 5.58. The van der Waals surface area contributed by atoms with E-state index in [0.717, 1.165) is 79.3 Å². The molecule has 0 aromatic carbocycles. The molecule has 2 aromatic rings. The summed E-state index contributed by atoms with van der Waals surface area (Å²) in [6.45, 7) is 13.8. The van der Waals surface area contributed by atoms with Crippen molar-refractivity contribution in [1.29, 1.82) is 0 Å². The van der Waals surface area contributed by atoms with Gasteiger partial charge in [-0.05, 0) is 31.9 Å². The fourth-order valence-electron chi connectivity index (χ4n) is 3.27. The number of guanidine groups is 1. The van der Waals surface area contributed by atoms with Crippen LogP contribution in [0.15, 0.2) is 14.7 Å². The van der Waals surface area contributed by atoms with E-state index in [2.05, 4.69) is 71.4 Å². The topological polar surface area (TPSA) is 93.2 Å². The smallest absolute Gasteiger partial charge is 0.191 e. The number of thioether (sulfide) groups is 1. The van der Waals surface area contributed by atoms with Gasteiger partial charge in [-0.25, -0.2) is 4.99 Å². The summed E-state index contributed by atoms with van der Waals surface area (Å²) in [5.74, 6) is 3.37. The SMILES string of the molecule is CCNC(=NCc1c(CC)noc1CC)NCCCc1nnc(SC)n1CC(C)C. The Hall–Kier alpha value is -2.03. The van der Waals surface area contributed by atoms with Crippen LogP contribution < -0.4 is 10.6 Å². The molecule has 2 heterocycles. The van der Waals surface area contributed by atoms with E-state index >= 15 is 0 Å². The average molecular weight is 436 g/mol. The van der Waals surface area contributed by atoms with Crippen molar-refractivity contribution in [2.75, 3.05) is 19.3 Å². The molecule has 0 atom stereocenters. The molecule has 0 amide bonds. The maximum absolute atomic E-state index is 5.45. The molecule has 0 spiro atoms. The molecule has 30 heavy (non-hydrogen) atoms. The third-order valence-electron chi connectivity index (χ3n) is 4.74. The van der Waals surface area contributed by atoms with Gasteiger partial charge in [0.1, 0.15) is 11.6 Å². The standard InChI is InChI=1S/C21H37N7OS/c1-7-17-16(18(8-2)29-27-17)13-24-20(22-9-3)23-12-10-11-19-25-26-21(30-6)28(19)14-15(4)5/h15H,7-14H2,1-6H3,(H2,22,23,24). The number of nitrogens with zero attached hydrogens (tertiary/aromatic N) is 5. The third kappa shape index (κ3) is 6.75. The van der Waals surface area contributed by atoms with Gasteiger partial charge in [0.15, 0.2) is 11.1 Å². The Kier molecular flexibility index (Phi) is 10.2. The van der Waals surface area contributed by atoms with Crippen LogP contribution in [0.4, 0.5) is 0 Å². The number of nitrogens with one attached hydrogen (secondary N) is 2. The van der Waals surface area contributed by atoms with E-state index in [1.54, 1.807) is 11.8 Å². The first kappa shape index (κ1) is 24.2. The van der Waals surface area contributed by atoms with Crippen molar-refractivity contribution in [2.45, 2.75) is 78.5 Å². The normalized spacial score (nSPS) is 12.0. The fraction of sp³-hybridized carbons (Fsp3) is 0.714. The highest BCUT2D eigenvalue weighted by atomic mass is 32.2. The van der Waals surface area contributed by atoms with Crippen LogP contribution in [0.2, 0.25) is 0 Å². The highest BCUT2D eigenvalue weighted by Crippen LogP contribution is 2.17. The molecule has 0 aliphatic heterocycles. The first-order valence-corrected chi connectivity index (χ1v) is 12.2. The molecule has 0 bridgehead atoms. The van der Waals surface area contributed by atoms with Gasteiger partial charge in [-0.3, -0.25) is 0 Å². The Bertz CT molecular complexity index is 776. The van der Waals surface area contributed by atoms with Crippen LogP contribution in [-0.4, -0.2) is 45.2 Å². The fourth-order valence-corrected chi connectivity index (χ4v) is 3.80. The Morgan fingerprint density at radius 1 is 1.17 bits per heavy atom. The van der Waals surface area contributed by atoms with Gasteiger partial charge in [0.05, 0.1) is 12.2 Å². The van der Waals surface area contributed by atoms with Crippen LogP contribution >= 0.6 is 11.8 Å². The van der Waals surface area contributed by atoms with Crippen LogP contribution in [0.5, 0.6) is 0 Å². The number of hydrogen-bond donors (Lipinski definition) is 2. The van der Waals surface area contributed by atoms with Crippen LogP contribution in [0.1, 0.15) is 63.9 Å². The van der Waals surface area contributed by atoms with Crippen molar-refractivity contribution >= 4 is 17.7 Å². The molecule has 0 saturated carbocycles. The van der Waals surface area contributed by atoms with E-state index in [0.29, 0.717) is 12.5 Å². The lowest BCUT2D eigenvalue weighted by atomic mass is 10.1. The Morgan fingerprint density at radius 3 is 2.60 bits per heavy atom. The van der Waals surface area contributed by atoms with Gasteiger partial charge in [0.25, 0.3) is 0 Å². The van der Waals surface area contributed by atoms with Crippen LogP contribution in [0.3, 0.4) is 0 Å². The van der Waals surface area contributed by atoms with Gasteiger partial charge < -0.3 is 19.7 Å². The lowest BCUT2D eigenvalue weighted by Gasteiger charge is -2.13. The molecule has 0 saturated heterocycles. The molecule has 0 radical (unpaired) electrons. The lowest BCUT2D eigenvalue weighted by molar-refractivity contribution is 0.380. The van der Waals surface area contributed by atoms with Crippen molar-refractivity contribution in [1.82, 2.24) is 30.6 Å². The summed E-state index contributed by atoms with van der Waals surface area (Å²) in [4.78, 5) is 4.75. The molecule has 0 aliphatic carbocycles. The van der Waals surface area contributed by atoms with E-state index in [4.69, 9.17) is 9.52 Å². The molecular formula is C21H37N7OS. The number of aliphatic imine (C=N–C) groups is 1. The van der Waals surface area contributed by atoms with E-state index < -0.39 is 0 Å². The zero-order valence-corrected chi connectivity index (χ0v) is 20.1. The van der Waals surface area contributed by atoms with Crippen molar-refractivity contribution in [3.05, 3.63) is 22.8 Å². The summed E-state index contributed by atoms with van der Waals surface area (Å²) >= 11 is 1.65. The average Bonchev–Trinajstić information content (AvgIpc) is 3.31. The molecule has 168 valence electrons. The second-order valence-corrected chi connectivity index (χ2v) is 8.34. The van der Waals surface area contributed by atoms with Gasteiger partial charge in [0.2, 0.25) is 0 Å². The van der Waals surface area contributed by atoms with Crippen molar-refractivity contribution in [3.8, 4) is 0 Å². The minimum Gasteiger partial charge on any atom is -0.361 e. The molecule has 2 N–H and O–H groups in total. The monoisotopic (exact) mass is 435 g/mol. The van der Waals surface area contributed by atoms with Crippen LogP contribution in [0, 0.1) is 5.92 Å². The van der Waals surface area contributed by atoms with E-state index in [9.17, 15) is 0 Å². The molecular weight excluding hydrogens is 398 g/mol. The first-order chi connectivity index (χ1) is 14.5. The molecule has 2 aromatic heterocycles. The quantitative estimate of drug-likeness (QED) is 0.228. The molecule has 8 nitrogen and oxygen atoms in total. The highest BCUT2D eigenvalue weighted by Gasteiger charge is 2.14. The maximum Gasteiger partial charge on any atom is 0.191 e. The zero-order chi connectivity index (χ0) is 21.9. The van der Waals surface area contributed by atoms with Gasteiger partial charge in [-0.15, -0.1) is 10.2 Å². The predicted octanol–water partition coefficient (Wildman–Crippen LogP) is 3.46. The second-order valence-electron chi connectivity index (χ2n) is 7.57. The Labute approximate surface area is 184 Å². The number of aryl methyl sites for hydroxylation is 3. The number of rotatable bonds is 12. The minimum atomic E-state index is 0.565. The summed E-state index contributed by atoms with van der Waals surface area (Å²) < 4.78 is 7.70. The number of hydrogen-bond acceptors (Lipinski definition) is 6. The summed E-state index contributed by atoms with van der Waals surface area (Å²) in [7, 11) is 0. The molecule has 9 heteroatoms. The summed E-state index contributed by atoms with van der Waals surface area (Å²) in [5.41, 5.74) is 2.11. The number of aromatic nitrogens is 4. The van der Waals surface area contributed by atoms with Crippen LogP contribution in [0.25, 0.3) is 0 Å². The summed E-state index contributed by atoms with van der Waals surface area (Å²) in [5, 5.41) is 20.7. The van der Waals surface area contributed by atoms with Gasteiger partial charge in [-0.1, -0.05) is 44.6 Å². The molecule has 0 aliphatic rings. The summed E-state index contributed by atoms with van der Waals surface area (Å²) in [6, 6.07) is 0. The largest absolute Gasteiger partial charge is 0.361 e. The first-order valence-electron chi connectivity index (χ1n) is 11.0. The van der Waals surface area contributed by atoms with Crippen LogP contribution in [-0.2, 0) is 32.4 Å². The van der Waals surface area contributed by atoms with Gasteiger partial charge in [0, 0.05) is 38.0 Å². The second kappa shape index (κ2) is 12.6. The van der Waals surface area contributed by atoms with Gasteiger partial charge in [-0.2, -0.15) is 0 Å². The Morgan fingerprint density at radius 2 is 1.97 bits per heavy atom. The lowest BCUT2D eigenvalue weighted by Crippen LogP contribution is -2.38. The highest BCUT2D eigenvalue weighted by molar-refractivity contribution is 7.98. The van der Waals surface area contributed by atoms with E-state index in [1.165, 1.54) is 0 Å². The molecule has 2 rings (SSSR count). The maximum atomic E-state index is 5.45. The molecule has 0 unspecified atom stereocenters. The minimum absolute atomic E-state index is 0.565.